The largest absolute Gasteiger partial charge is 0.466 e. The zero-order chi connectivity index (χ0) is 22.0. The molecule has 1 aliphatic heterocycles. The fraction of sp³-hybridized carbons (Fsp3) is 0.750. The highest BCUT2D eigenvalue weighted by Crippen LogP contribution is 2.25. The summed E-state index contributed by atoms with van der Waals surface area (Å²) in [7, 11) is 0. The van der Waals surface area contributed by atoms with Gasteiger partial charge in [0.15, 0.2) is 5.78 Å². The van der Waals surface area contributed by atoms with E-state index in [0.717, 1.165) is 18.2 Å². The van der Waals surface area contributed by atoms with Crippen molar-refractivity contribution in [3.8, 4) is 0 Å². The van der Waals surface area contributed by atoms with Crippen molar-refractivity contribution in [2.24, 2.45) is 5.92 Å². The van der Waals surface area contributed by atoms with Crippen LogP contribution in [0.1, 0.15) is 59.8 Å². The lowest BCUT2D eigenvalue weighted by atomic mass is 9.97. The van der Waals surface area contributed by atoms with Gasteiger partial charge in [-0.25, -0.2) is 0 Å². The van der Waals surface area contributed by atoms with Crippen LogP contribution >= 0.6 is 11.8 Å². The minimum absolute atomic E-state index is 0.0189. The molecule has 29 heavy (non-hydrogen) atoms. The Labute approximate surface area is 176 Å². The first-order chi connectivity index (χ1) is 13.7. The molecule has 2 amide bonds. The zero-order valence-electron chi connectivity index (χ0n) is 17.7. The second-order valence-corrected chi connectivity index (χ2v) is 8.24. The van der Waals surface area contributed by atoms with Gasteiger partial charge in [-0.1, -0.05) is 25.6 Å². The van der Waals surface area contributed by atoms with Crippen molar-refractivity contribution in [3.63, 3.8) is 0 Å². The molecule has 1 N–H and O–H groups in total. The Bertz CT molecular complexity index is 624. The molecule has 0 aromatic heterocycles. The highest BCUT2D eigenvalue weighted by Gasteiger charge is 2.36. The molecule has 0 unspecified atom stereocenters. The summed E-state index contributed by atoms with van der Waals surface area (Å²) in [5.41, 5.74) is 0. The lowest BCUT2D eigenvalue weighted by Crippen LogP contribution is -2.44. The molecule has 0 aliphatic carbocycles. The number of carbonyl (C=O) groups excluding carboxylic acids is 5. The summed E-state index contributed by atoms with van der Waals surface area (Å²) >= 11 is 1.04. The van der Waals surface area contributed by atoms with Crippen molar-refractivity contribution in [2.75, 3.05) is 18.9 Å². The van der Waals surface area contributed by atoms with E-state index in [-0.39, 0.29) is 41.5 Å². The number of nitrogens with one attached hydrogen (secondary N) is 1. The molecule has 8 nitrogen and oxygen atoms in total. The van der Waals surface area contributed by atoms with E-state index in [1.54, 1.807) is 25.7 Å². The van der Waals surface area contributed by atoms with Crippen LogP contribution in [0.25, 0.3) is 0 Å². The molecule has 1 rings (SSSR count). The summed E-state index contributed by atoms with van der Waals surface area (Å²) in [6.07, 6.45) is 1.94. The summed E-state index contributed by atoms with van der Waals surface area (Å²) in [6.45, 7) is 7.34. The second-order valence-electron chi connectivity index (χ2n) is 7.15. The number of hydrogen-bond acceptors (Lipinski definition) is 7. The van der Waals surface area contributed by atoms with E-state index in [2.05, 4.69) is 5.32 Å². The van der Waals surface area contributed by atoms with Crippen LogP contribution in [0, 0.1) is 5.92 Å². The van der Waals surface area contributed by atoms with Crippen LogP contribution < -0.4 is 5.32 Å². The van der Waals surface area contributed by atoms with Crippen molar-refractivity contribution in [3.05, 3.63) is 0 Å². The van der Waals surface area contributed by atoms with Crippen molar-refractivity contribution in [2.45, 2.75) is 71.9 Å². The van der Waals surface area contributed by atoms with E-state index >= 15 is 0 Å². The summed E-state index contributed by atoms with van der Waals surface area (Å²) in [5, 5.41) is 2.47. The number of ether oxygens (including phenoxy) is 1. The maximum Gasteiger partial charge on any atom is 0.306 e. The van der Waals surface area contributed by atoms with Gasteiger partial charge in [0.1, 0.15) is 6.04 Å². The van der Waals surface area contributed by atoms with E-state index in [9.17, 15) is 24.0 Å². The summed E-state index contributed by atoms with van der Waals surface area (Å²) in [6, 6.07) is -1.12. The van der Waals surface area contributed by atoms with Gasteiger partial charge in [-0.2, -0.15) is 0 Å². The maximum absolute atomic E-state index is 12.8. The fourth-order valence-corrected chi connectivity index (χ4v) is 4.22. The molecule has 1 aliphatic rings. The first kappa shape index (κ1) is 25.1. The monoisotopic (exact) mass is 428 g/mol. The lowest BCUT2D eigenvalue weighted by Gasteiger charge is -2.27. The number of thioether (sulfide) groups is 1. The number of amides is 2. The van der Waals surface area contributed by atoms with Crippen molar-refractivity contribution in [1.82, 2.24) is 10.2 Å². The van der Waals surface area contributed by atoms with Crippen LogP contribution in [0.2, 0.25) is 0 Å². The van der Waals surface area contributed by atoms with Gasteiger partial charge in [0, 0.05) is 31.6 Å². The highest BCUT2D eigenvalue weighted by molar-refractivity contribution is 8.13. The Hall–Kier alpha value is -1.90. The Balaban J connectivity index is 2.60. The predicted octanol–water partition coefficient (Wildman–Crippen LogP) is 1.70. The molecule has 0 saturated carbocycles. The minimum atomic E-state index is -0.600. The van der Waals surface area contributed by atoms with Gasteiger partial charge in [-0.3, -0.25) is 24.0 Å². The third kappa shape index (κ3) is 8.16. The topological polar surface area (TPSA) is 110 Å². The summed E-state index contributed by atoms with van der Waals surface area (Å²) < 4.78 is 4.84. The van der Waals surface area contributed by atoms with Gasteiger partial charge in [-0.05, 0) is 26.2 Å². The van der Waals surface area contributed by atoms with E-state index in [4.69, 9.17) is 4.74 Å². The number of Topliss-reactive ketones (excluding diaryl/α,β-unsaturated/α-hetero) is 1. The van der Waals surface area contributed by atoms with Crippen LogP contribution in [-0.4, -0.2) is 64.6 Å². The molecule has 0 radical (unpaired) electrons. The lowest BCUT2D eigenvalue weighted by molar-refractivity contribution is -0.142. The Morgan fingerprint density at radius 1 is 1.21 bits per heavy atom. The van der Waals surface area contributed by atoms with Crippen LogP contribution in [0.3, 0.4) is 0 Å². The number of esters is 1. The molecule has 0 spiro atoms. The molecule has 164 valence electrons. The van der Waals surface area contributed by atoms with Gasteiger partial charge >= 0.3 is 5.97 Å². The van der Waals surface area contributed by atoms with Gasteiger partial charge in [0.25, 0.3) is 0 Å². The minimum Gasteiger partial charge on any atom is -0.466 e. The zero-order valence-corrected chi connectivity index (χ0v) is 18.5. The summed E-state index contributed by atoms with van der Waals surface area (Å²) in [5.74, 6) is -1.28. The number of rotatable bonds is 11. The van der Waals surface area contributed by atoms with Crippen molar-refractivity contribution in [1.29, 1.82) is 0 Å². The van der Waals surface area contributed by atoms with Crippen molar-refractivity contribution < 1.29 is 28.7 Å². The standard InChI is InChI=1S/C20H32N2O6S/c1-5-15(21-14(4)23)17(24)12-13(3)19(26)22-10-7-8-16(22)20(27)29-11-9-18(25)28-6-2/h13,15-16H,5-12H2,1-4H3,(H,21,23)/t13-,15+,16+/m1/s1. The number of ketones is 1. The molecule has 1 saturated heterocycles. The Morgan fingerprint density at radius 3 is 2.48 bits per heavy atom. The normalized spacial score (nSPS) is 18.1. The third-order valence-electron chi connectivity index (χ3n) is 4.77. The second kappa shape index (κ2) is 12.6. The van der Waals surface area contributed by atoms with Crippen LogP contribution in [0.15, 0.2) is 0 Å². The average molecular weight is 429 g/mol. The molecule has 1 fully saturated rings. The van der Waals surface area contributed by atoms with Crippen LogP contribution in [-0.2, 0) is 28.7 Å². The molecule has 0 aromatic rings. The average Bonchev–Trinajstić information content (AvgIpc) is 3.15. The molecule has 3 atom stereocenters. The maximum atomic E-state index is 12.8. The SMILES string of the molecule is CCOC(=O)CCSC(=O)[C@@H]1CCCN1C(=O)[C@H](C)CC(=O)[C@H](CC)NC(C)=O. The van der Waals surface area contributed by atoms with E-state index < -0.39 is 18.0 Å². The molecular weight excluding hydrogens is 396 g/mol. The number of carbonyl (C=O) groups is 5. The van der Waals surface area contributed by atoms with Crippen LogP contribution in [0.4, 0.5) is 0 Å². The van der Waals surface area contributed by atoms with E-state index in [1.165, 1.54) is 6.92 Å². The Kier molecular flexibility index (Phi) is 10.9. The van der Waals surface area contributed by atoms with Gasteiger partial charge in [0.2, 0.25) is 16.9 Å². The predicted molar refractivity (Wildman–Crippen MR) is 110 cm³/mol. The number of nitrogens with zero attached hydrogens (tertiary/aromatic N) is 1. The molecular formula is C20H32N2O6S. The molecule has 0 bridgehead atoms. The van der Waals surface area contributed by atoms with E-state index in [1.807, 2.05) is 0 Å². The molecule has 9 heteroatoms. The van der Waals surface area contributed by atoms with Gasteiger partial charge in [0.05, 0.1) is 19.1 Å². The fourth-order valence-electron chi connectivity index (χ4n) is 3.31. The Morgan fingerprint density at radius 2 is 1.90 bits per heavy atom. The van der Waals surface area contributed by atoms with E-state index in [0.29, 0.717) is 31.7 Å². The summed E-state index contributed by atoms with van der Waals surface area (Å²) in [4.78, 5) is 61.9. The highest BCUT2D eigenvalue weighted by atomic mass is 32.2. The van der Waals surface area contributed by atoms with Gasteiger partial charge < -0.3 is 15.0 Å². The smallest absolute Gasteiger partial charge is 0.306 e. The first-order valence-corrected chi connectivity index (χ1v) is 11.1. The quantitative estimate of drug-likeness (QED) is 0.499. The first-order valence-electron chi connectivity index (χ1n) is 10.1. The van der Waals surface area contributed by atoms with Crippen LogP contribution in [0.5, 0.6) is 0 Å². The third-order valence-corrected chi connectivity index (χ3v) is 5.73. The number of hydrogen-bond donors (Lipinski definition) is 1. The molecule has 1 heterocycles. The molecule has 0 aromatic carbocycles. The van der Waals surface area contributed by atoms with Gasteiger partial charge in [-0.15, -0.1) is 0 Å². The van der Waals surface area contributed by atoms with Crippen molar-refractivity contribution >= 4 is 40.4 Å². The number of likely N-dealkylation sites (tertiary alicyclic amines) is 1.